The Bertz CT molecular complexity index is 1210. The van der Waals surface area contributed by atoms with Gasteiger partial charge in [0.25, 0.3) is 0 Å². The van der Waals surface area contributed by atoms with E-state index in [1.165, 1.54) is 7.05 Å². The quantitative estimate of drug-likeness (QED) is 0.370. The van der Waals surface area contributed by atoms with Crippen LogP contribution >= 0.6 is 0 Å². The van der Waals surface area contributed by atoms with Gasteiger partial charge in [-0.2, -0.15) is 0 Å². The molecular weight excluding hydrogens is 378 g/mol. The minimum atomic E-state index is -0.505. The third-order valence-corrected chi connectivity index (χ3v) is 4.97. The van der Waals surface area contributed by atoms with Gasteiger partial charge in [0, 0.05) is 23.5 Å². The van der Waals surface area contributed by atoms with Crippen molar-refractivity contribution in [1.82, 2.24) is 10.3 Å². The first-order valence-corrected chi connectivity index (χ1v) is 9.66. The van der Waals surface area contributed by atoms with Gasteiger partial charge in [0.1, 0.15) is 5.75 Å². The first-order chi connectivity index (χ1) is 14.6. The number of nitrogens with one attached hydrogen (secondary N) is 1. The number of rotatable bonds is 5. The van der Waals surface area contributed by atoms with E-state index in [0.29, 0.717) is 5.75 Å². The molecule has 0 aliphatic heterocycles. The average molecular weight is 401 g/mol. The van der Waals surface area contributed by atoms with Crippen molar-refractivity contribution in [3.63, 3.8) is 0 Å². The molecule has 1 heterocycles. The van der Waals surface area contributed by atoms with E-state index in [9.17, 15) is 4.79 Å². The molecule has 0 fully saturated rings. The van der Waals surface area contributed by atoms with Gasteiger partial charge in [-0.05, 0) is 49.4 Å². The Labute approximate surface area is 175 Å². The number of para-hydroxylation sites is 1. The lowest BCUT2D eigenvalue weighted by Crippen LogP contribution is -2.28. The van der Waals surface area contributed by atoms with Crippen LogP contribution in [0, 0.1) is 6.92 Å². The molecule has 152 valence electrons. The van der Waals surface area contributed by atoms with E-state index in [-0.39, 0.29) is 6.73 Å². The number of aryl methyl sites for hydroxylation is 1. The summed E-state index contributed by atoms with van der Waals surface area (Å²) < 4.78 is 11.1. The molecule has 30 heavy (non-hydrogen) atoms. The van der Waals surface area contributed by atoms with Crippen molar-refractivity contribution < 1.29 is 14.3 Å². The standard InChI is InChI=1S/C24H23N3O3/c1-16-9-10-20-17(13-16)14-19-21(26-20)11-12-22(29-3)23(19)27(15-30-24(28)25-2)18-7-5-4-6-8-18/h4-14H,15H2,1-3H3,(H,25,28). The second kappa shape index (κ2) is 8.29. The van der Waals surface area contributed by atoms with Gasteiger partial charge in [0.15, 0.2) is 6.73 Å². The van der Waals surface area contributed by atoms with Crippen molar-refractivity contribution in [2.75, 3.05) is 25.8 Å². The van der Waals surface area contributed by atoms with Gasteiger partial charge in [-0.1, -0.05) is 29.8 Å². The number of fused-ring (bicyclic) bond motifs is 2. The lowest BCUT2D eigenvalue weighted by molar-refractivity contribution is 0.151. The highest BCUT2D eigenvalue weighted by molar-refractivity contribution is 6.03. The van der Waals surface area contributed by atoms with Gasteiger partial charge < -0.3 is 19.7 Å². The molecule has 0 saturated carbocycles. The molecule has 0 bridgehead atoms. The number of hydrogen-bond acceptors (Lipinski definition) is 5. The predicted molar refractivity (Wildman–Crippen MR) is 120 cm³/mol. The highest BCUT2D eigenvalue weighted by atomic mass is 16.6. The van der Waals surface area contributed by atoms with Gasteiger partial charge >= 0.3 is 6.09 Å². The highest BCUT2D eigenvalue weighted by Gasteiger charge is 2.20. The molecule has 0 spiro atoms. The number of carbonyl (C=O) groups is 1. The molecule has 1 N–H and O–H groups in total. The van der Waals surface area contributed by atoms with E-state index in [1.807, 2.05) is 53.4 Å². The Morgan fingerprint density at radius 2 is 1.80 bits per heavy atom. The Kier molecular flexibility index (Phi) is 5.39. The fourth-order valence-electron chi connectivity index (χ4n) is 3.51. The number of benzene rings is 3. The summed E-state index contributed by atoms with van der Waals surface area (Å²) in [6.45, 7) is 2.08. The molecular formula is C24H23N3O3. The van der Waals surface area contributed by atoms with Crippen molar-refractivity contribution in [3.8, 4) is 5.75 Å². The third-order valence-electron chi connectivity index (χ3n) is 4.97. The number of nitrogens with zero attached hydrogens (tertiary/aromatic N) is 2. The SMILES string of the molecule is CNC(=O)OCN(c1ccccc1)c1c(OC)ccc2nc3ccc(C)cc3cc12. The van der Waals surface area contributed by atoms with Gasteiger partial charge in [0.2, 0.25) is 0 Å². The molecule has 0 saturated heterocycles. The Balaban J connectivity index is 1.96. The normalized spacial score (nSPS) is 10.8. The number of hydrogen-bond donors (Lipinski definition) is 1. The zero-order chi connectivity index (χ0) is 21.1. The summed E-state index contributed by atoms with van der Waals surface area (Å²) >= 11 is 0. The van der Waals surface area contributed by atoms with Crippen molar-refractivity contribution in [2.24, 2.45) is 0 Å². The maximum absolute atomic E-state index is 11.8. The van der Waals surface area contributed by atoms with Crippen LogP contribution in [0.1, 0.15) is 5.56 Å². The Morgan fingerprint density at radius 1 is 1.03 bits per heavy atom. The summed E-state index contributed by atoms with van der Waals surface area (Å²) in [5.74, 6) is 0.667. The summed E-state index contributed by atoms with van der Waals surface area (Å²) in [6, 6.07) is 21.9. The number of methoxy groups -OCH3 is 1. The number of pyridine rings is 1. The van der Waals surface area contributed by atoms with Gasteiger partial charge in [-0.25, -0.2) is 9.78 Å². The molecule has 6 heteroatoms. The maximum atomic E-state index is 11.8. The summed E-state index contributed by atoms with van der Waals surface area (Å²) in [5, 5.41) is 4.44. The summed E-state index contributed by atoms with van der Waals surface area (Å²) in [7, 11) is 3.16. The first kappa shape index (κ1) is 19.5. The zero-order valence-electron chi connectivity index (χ0n) is 17.2. The molecule has 1 aromatic heterocycles. The lowest BCUT2D eigenvalue weighted by atomic mass is 10.1. The van der Waals surface area contributed by atoms with E-state index in [4.69, 9.17) is 14.5 Å². The van der Waals surface area contributed by atoms with Crippen molar-refractivity contribution in [2.45, 2.75) is 6.92 Å². The van der Waals surface area contributed by atoms with Crippen LogP contribution in [-0.4, -0.2) is 32.0 Å². The van der Waals surface area contributed by atoms with Crippen molar-refractivity contribution in [3.05, 3.63) is 72.3 Å². The van der Waals surface area contributed by atoms with E-state index in [0.717, 1.165) is 38.7 Å². The molecule has 3 aromatic carbocycles. The van der Waals surface area contributed by atoms with Crippen LogP contribution in [0.4, 0.5) is 16.2 Å². The smallest absolute Gasteiger partial charge is 0.408 e. The summed E-state index contributed by atoms with van der Waals surface area (Å²) in [5.41, 5.74) is 4.59. The van der Waals surface area contributed by atoms with Crippen LogP contribution in [0.3, 0.4) is 0 Å². The number of anilines is 2. The molecule has 0 radical (unpaired) electrons. The van der Waals surface area contributed by atoms with Crippen LogP contribution in [0.5, 0.6) is 5.75 Å². The van der Waals surface area contributed by atoms with Gasteiger partial charge in [-0.15, -0.1) is 0 Å². The van der Waals surface area contributed by atoms with Crippen molar-refractivity contribution in [1.29, 1.82) is 0 Å². The molecule has 0 unspecified atom stereocenters. The molecule has 1 amide bonds. The van der Waals surface area contributed by atoms with Crippen molar-refractivity contribution >= 4 is 39.3 Å². The van der Waals surface area contributed by atoms with Gasteiger partial charge in [-0.3, -0.25) is 0 Å². The second-order valence-electron chi connectivity index (χ2n) is 6.94. The molecule has 0 aliphatic rings. The van der Waals surface area contributed by atoms with Crippen LogP contribution in [0.2, 0.25) is 0 Å². The Morgan fingerprint density at radius 3 is 2.53 bits per heavy atom. The topological polar surface area (TPSA) is 63.7 Å². The lowest BCUT2D eigenvalue weighted by Gasteiger charge is -2.27. The van der Waals surface area contributed by atoms with E-state index in [1.54, 1.807) is 7.11 Å². The maximum Gasteiger partial charge on any atom is 0.408 e. The fraction of sp³-hybridized carbons (Fsp3) is 0.167. The highest BCUT2D eigenvalue weighted by Crippen LogP contribution is 2.40. The molecule has 6 nitrogen and oxygen atoms in total. The number of aromatic nitrogens is 1. The average Bonchev–Trinajstić information content (AvgIpc) is 2.78. The third kappa shape index (κ3) is 3.72. The summed E-state index contributed by atoms with van der Waals surface area (Å²) in [4.78, 5) is 18.6. The number of carbonyl (C=O) groups excluding carboxylic acids is 1. The number of alkyl carbamates (subject to hydrolysis) is 1. The molecule has 4 rings (SSSR count). The largest absolute Gasteiger partial charge is 0.495 e. The van der Waals surface area contributed by atoms with E-state index >= 15 is 0 Å². The fourth-order valence-corrected chi connectivity index (χ4v) is 3.51. The first-order valence-electron chi connectivity index (χ1n) is 9.66. The second-order valence-corrected chi connectivity index (χ2v) is 6.94. The minimum Gasteiger partial charge on any atom is -0.495 e. The molecule has 4 aromatic rings. The van der Waals surface area contributed by atoms with Crippen LogP contribution < -0.4 is 15.0 Å². The number of amides is 1. The minimum absolute atomic E-state index is 0.0189. The Hall–Kier alpha value is -3.80. The van der Waals surface area contributed by atoms with E-state index in [2.05, 4.69) is 30.4 Å². The van der Waals surface area contributed by atoms with E-state index < -0.39 is 6.09 Å². The van der Waals surface area contributed by atoms with Crippen LogP contribution in [0.15, 0.2) is 66.7 Å². The number of ether oxygens (including phenoxy) is 2. The van der Waals surface area contributed by atoms with Gasteiger partial charge in [0.05, 0.1) is 23.8 Å². The molecule has 0 aliphatic carbocycles. The predicted octanol–water partition coefficient (Wildman–Crippen LogP) is 5.16. The van der Waals surface area contributed by atoms with Crippen LogP contribution in [0.25, 0.3) is 21.8 Å². The monoisotopic (exact) mass is 401 g/mol. The zero-order valence-corrected chi connectivity index (χ0v) is 17.2. The van der Waals surface area contributed by atoms with Crippen LogP contribution in [-0.2, 0) is 4.74 Å². The summed E-state index contributed by atoms with van der Waals surface area (Å²) in [6.07, 6.45) is -0.505. The molecule has 0 atom stereocenters.